The van der Waals surface area contributed by atoms with Gasteiger partial charge in [0.05, 0.1) is 17.7 Å². The van der Waals surface area contributed by atoms with Gasteiger partial charge in [0.1, 0.15) is 12.4 Å². The summed E-state index contributed by atoms with van der Waals surface area (Å²) in [6, 6.07) is 14.5. The molecular weight excluding hydrogens is 452 g/mol. The van der Waals surface area contributed by atoms with Crippen molar-refractivity contribution in [2.45, 2.75) is 84.6 Å². The van der Waals surface area contributed by atoms with Crippen LogP contribution in [0.1, 0.15) is 99.3 Å². The van der Waals surface area contributed by atoms with Gasteiger partial charge in [-0.3, -0.25) is 4.79 Å². The van der Waals surface area contributed by atoms with Gasteiger partial charge < -0.3 is 20.1 Å². The number of carbonyl (C=O) groups is 2. The first-order valence-corrected chi connectivity index (χ1v) is 13.6. The van der Waals surface area contributed by atoms with Crippen molar-refractivity contribution in [1.29, 1.82) is 0 Å². The number of ether oxygens (including phenoxy) is 2. The van der Waals surface area contributed by atoms with E-state index in [1.807, 2.05) is 18.2 Å². The Morgan fingerprint density at radius 2 is 1.47 bits per heavy atom. The summed E-state index contributed by atoms with van der Waals surface area (Å²) in [4.78, 5) is 25.2. The fourth-order valence-electron chi connectivity index (χ4n) is 3.98. The maximum Gasteiger partial charge on any atom is 0.338 e. The Bertz CT molecular complexity index is 894. The number of carbonyl (C=O) groups excluding carboxylic acids is 2. The predicted molar refractivity (Wildman–Crippen MR) is 147 cm³/mol. The first-order chi connectivity index (χ1) is 17.6. The minimum atomic E-state index is -0.372. The van der Waals surface area contributed by atoms with Crippen LogP contribution in [0.3, 0.4) is 0 Å². The molecule has 0 spiro atoms. The first kappa shape index (κ1) is 29.4. The minimum absolute atomic E-state index is 0.243. The van der Waals surface area contributed by atoms with Gasteiger partial charge in [-0.05, 0) is 55.7 Å². The maximum atomic E-state index is 12.9. The Hall–Kier alpha value is -2.86. The predicted octanol–water partition coefficient (Wildman–Crippen LogP) is 7.00. The lowest BCUT2D eigenvalue weighted by atomic mass is 10.1. The number of para-hydroxylation sites is 1. The van der Waals surface area contributed by atoms with Crippen LogP contribution in [0.5, 0.6) is 5.75 Å². The summed E-state index contributed by atoms with van der Waals surface area (Å²) < 4.78 is 11.3. The van der Waals surface area contributed by atoms with Crippen LogP contribution in [0.4, 0.5) is 5.69 Å². The molecule has 6 heteroatoms. The summed E-state index contributed by atoms with van der Waals surface area (Å²) in [7, 11) is 0. The quantitative estimate of drug-likeness (QED) is 0.172. The highest BCUT2D eigenvalue weighted by atomic mass is 16.5. The van der Waals surface area contributed by atoms with Crippen molar-refractivity contribution in [2.24, 2.45) is 0 Å². The third kappa shape index (κ3) is 10.8. The Balaban J connectivity index is 1.79. The molecule has 0 unspecified atom stereocenters. The molecule has 0 bridgehead atoms. The van der Waals surface area contributed by atoms with Crippen molar-refractivity contribution in [1.82, 2.24) is 5.32 Å². The monoisotopic (exact) mass is 496 g/mol. The van der Waals surface area contributed by atoms with Gasteiger partial charge in [-0.15, -0.1) is 0 Å². The van der Waals surface area contributed by atoms with Gasteiger partial charge in [0, 0.05) is 18.3 Å². The number of hydrogen-bond donors (Lipinski definition) is 2. The lowest BCUT2D eigenvalue weighted by Crippen LogP contribution is -2.31. The molecule has 0 heterocycles. The average molecular weight is 497 g/mol. The lowest BCUT2D eigenvalue weighted by Gasteiger charge is -2.14. The summed E-state index contributed by atoms with van der Waals surface area (Å²) in [5.74, 6) is -0.0283. The van der Waals surface area contributed by atoms with E-state index in [0.717, 1.165) is 25.7 Å². The molecule has 6 nitrogen and oxygen atoms in total. The molecule has 0 fully saturated rings. The standard InChI is InChI=1S/C30H44N2O4/c1-4-7-8-9-10-11-14-22-35-28-16-13-12-15-27(28)29(33)32-26-19-17-24(18-20-26)30(34)36-23-21-31-25(5-2)6-3/h12-13,15-20,25,31H,4-11,14,21-23H2,1-3H3,(H,32,33). The fraction of sp³-hybridized carbons (Fsp3) is 0.533. The molecule has 2 aromatic carbocycles. The van der Waals surface area contributed by atoms with Crippen molar-refractivity contribution >= 4 is 17.6 Å². The summed E-state index contributed by atoms with van der Waals surface area (Å²) in [6.07, 6.45) is 10.6. The molecule has 2 aromatic rings. The molecule has 0 saturated carbocycles. The molecule has 1 amide bonds. The molecule has 0 aliphatic heterocycles. The van der Waals surface area contributed by atoms with Crippen LogP contribution in [-0.4, -0.2) is 37.7 Å². The highest BCUT2D eigenvalue weighted by molar-refractivity contribution is 6.06. The van der Waals surface area contributed by atoms with Gasteiger partial charge in [0.25, 0.3) is 5.91 Å². The van der Waals surface area contributed by atoms with Crippen molar-refractivity contribution in [2.75, 3.05) is 25.1 Å². The molecular formula is C30H44N2O4. The van der Waals surface area contributed by atoms with E-state index >= 15 is 0 Å². The third-order valence-electron chi connectivity index (χ3n) is 6.27. The molecule has 0 saturated heterocycles. The van der Waals surface area contributed by atoms with Crippen molar-refractivity contribution in [3.8, 4) is 5.75 Å². The number of hydrogen-bond acceptors (Lipinski definition) is 5. The number of rotatable bonds is 18. The molecule has 2 N–H and O–H groups in total. The van der Waals surface area contributed by atoms with Crippen molar-refractivity contribution in [3.63, 3.8) is 0 Å². The lowest BCUT2D eigenvalue weighted by molar-refractivity contribution is 0.0505. The maximum absolute atomic E-state index is 12.9. The Labute approximate surface area is 217 Å². The van der Waals surface area contributed by atoms with Gasteiger partial charge in [0.15, 0.2) is 0 Å². The second-order valence-electron chi connectivity index (χ2n) is 9.10. The fourth-order valence-corrected chi connectivity index (χ4v) is 3.98. The normalized spacial score (nSPS) is 10.9. The van der Waals surface area contributed by atoms with Gasteiger partial charge in [-0.25, -0.2) is 4.79 Å². The Morgan fingerprint density at radius 1 is 0.806 bits per heavy atom. The topological polar surface area (TPSA) is 76.7 Å². The van der Waals surface area contributed by atoms with E-state index in [-0.39, 0.29) is 11.9 Å². The van der Waals surface area contributed by atoms with Crippen LogP contribution in [-0.2, 0) is 4.74 Å². The summed E-state index contributed by atoms with van der Waals surface area (Å²) >= 11 is 0. The van der Waals surface area contributed by atoms with Crippen LogP contribution >= 0.6 is 0 Å². The van der Waals surface area contributed by atoms with Crippen LogP contribution in [0.2, 0.25) is 0 Å². The second-order valence-corrected chi connectivity index (χ2v) is 9.10. The van der Waals surface area contributed by atoms with E-state index in [2.05, 4.69) is 31.4 Å². The van der Waals surface area contributed by atoms with E-state index in [1.165, 1.54) is 32.1 Å². The minimum Gasteiger partial charge on any atom is -0.493 e. The summed E-state index contributed by atoms with van der Waals surface area (Å²) in [5.41, 5.74) is 1.55. The smallest absolute Gasteiger partial charge is 0.338 e. The molecule has 2 rings (SSSR count). The highest BCUT2D eigenvalue weighted by Crippen LogP contribution is 2.21. The van der Waals surface area contributed by atoms with Gasteiger partial charge in [0.2, 0.25) is 0 Å². The van der Waals surface area contributed by atoms with Crippen LogP contribution in [0.25, 0.3) is 0 Å². The van der Waals surface area contributed by atoms with Crippen molar-refractivity contribution in [3.05, 3.63) is 59.7 Å². The van der Waals surface area contributed by atoms with Gasteiger partial charge in [-0.2, -0.15) is 0 Å². The number of esters is 1. The van der Waals surface area contributed by atoms with Gasteiger partial charge in [-0.1, -0.05) is 71.4 Å². The van der Waals surface area contributed by atoms with Gasteiger partial charge >= 0.3 is 5.97 Å². The number of amides is 1. The zero-order chi connectivity index (χ0) is 26.0. The summed E-state index contributed by atoms with van der Waals surface area (Å²) in [6.45, 7) is 8.05. The molecule has 198 valence electrons. The Morgan fingerprint density at radius 3 is 2.17 bits per heavy atom. The zero-order valence-corrected chi connectivity index (χ0v) is 22.3. The number of nitrogens with one attached hydrogen (secondary N) is 2. The van der Waals surface area contributed by atoms with Crippen LogP contribution in [0, 0.1) is 0 Å². The number of unbranched alkanes of at least 4 members (excludes halogenated alkanes) is 6. The average Bonchev–Trinajstić information content (AvgIpc) is 2.90. The van der Waals surface area contributed by atoms with Crippen molar-refractivity contribution < 1.29 is 19.1 Å². The van der Waals surface area contributed by atoms with Crippen LogP contribution < -0.4 is 15.4 Å². The number of benzene rings is 2. The molecule has 0 aliphatic carbocycles. The summed E-state index contributed by atoms with van der Waals surface area (Å²) in [5, 5.41) is 6.26. The number of anilines is 1. The zero-order valence-electron chi connectivity index (χ0n) is 22.3. The SMILES string of the molecule is CCCCCCCCCOc1ccccc1C(=O)Nc1ccc(C(=O)OCCNC(CC)CC)cc1. The van der Waals surface area contributed by atoms with E-state index in [0.29, 0.717) is 48.4 Å². The van der Waals surface area contributed by atoms with E-state index in [1.54, 1.807) is 30.3 Å². The third-order valence-corrected chi connectivity index (χ3v) is 6.27. The molecule has 36 heavy (non-hydrogen) atoms. The second kappa shape index (κ2) is 17.6. The van der Waals surface area contributed by atoms with Crippen LogP contribution in [0.15, 0.2) is 48.5 Å². The molecule has 0 aromatic heterocycles. The van der Waals surface area contributed by atoms with E-state index < -0.39 is 0 Å². The molecule has 0 atom stereocenters. The molecule has 0 aliphatic rings. The highest BCUT2D eigenvalue weighted by Gasteiger charge is 2.13. The Kier molecular flexibility index (Phi) is 14.3. The van der Waals surface area contributed by atoms with E-state index in [4.69, 9.17) is 9.47 Å². The van der Waals surface area contributed by atoms with E-state index in [9.17, 15) is 9.59 Å². The largest absolute Gasteiger partial charge is 0.493 e. The first-order valence-electron chi connectivity index (χ1n) is 13.6. The molecule has 0 radical (unpaired) electrons.